The maximum Gasteiger partial charge on any atom is 0.240 e. The molecule has 1 fully saturated rings. The molecule has 1 amide bonds. The second-order valence-electron chi connectivity index (χ2n) is 7.53. The third-order valence-corrected chi connectivity index (χ3v) is 7.74. The number of nitrogens with zero attached hydrogens (tertiary/aromatic N) is 1. The van der Waals surface area contributed by atoms with Crippen molar-refractivity contribution in [2.24, 2.45) is 5.92 Å². The Morgan fingerprint density at radius 3 is 2.62 bits per heavy atom. The largest absolute Gasteiger partial charge is 0.326 e. The number of nitrogens with one attached hydrogen (secondary N) is 2. The van der Waals surface area contributed by atoms with E-state index >= 15 is 0 Å². The van der Waals surface area contributed by atoms with Gasteiger partial charge in [-0.2, -0.15) is 0 Å². The number of hydrogen-bond donors (Lipinski definition) is 2. The summed E-state index contributed by atoms with van der Waals surface area (Å²) in [6.45, 7) is 6.96. The molecule has 29 heavy (non-hydrogen) atoms. The minimum absolute atomic E-state index is 0.0939. The highest BCUT2D eigenvalue weighted by Gasteiger charge is 2.23. The molecule has 2 N–H and O–H groups in total. The number of amides is 1. The van der Waals surface area contributed by atoms with E-state index in [1.807, 2.05) is 0 Å². The Labute approximate surface area is 177 Å². The molecule has 0 spiro atoms. The van der Waals surface area contributed by atoms with Crippen LogP contribution < -0.4 is 10.0 Å². The van der Waals surface area contributed by atoms with E-state index in [1.54, 1.807) is 43.4 Å². The first-order valence-corrected chi connectivity index (χ1v) is 12.4. The Morgan fingerprint density at radius 1 is 1.24 bits per heavy atom. The number of likely N-dealkylation sites (tertiary alicyclic amines) is 1. The van der Waals surface area contributed by atoms with E-state index in [2.05, 4.69) is 32.5 Å². The fraction of sp³-hybridized carbons (Fsp3) is 0.476. The quantitative estimate of drug-likeness (QED) is 0.664. The Kier molecular flexibility index (Phi) is 7.45. The minimum Gasteiger partial charge on any atom is -0.326 e. The highest BCUT2D eigenvalue weighted by Crippen LogP contribution is 2.23. The highest BCUT2D eigenvalue weighted by atomic mass is 32.2. The van der Waals surface area contributed by atoms with Gasteiger partial charge in [-0.25, -0.2) is 13.1 Å². The Morgan fingerprint density at radius 2 is 2.00 bits per heavy atom. The number of aryl methyl sites for hydroxylation is 1. The fourth-order valence-corrected chi connectivity index (χ4v) is 5.64. The number of thiophene rings is 1. The summed E-state index contributed by atoms with van der Waals surface area (Å²) in [6, 6.07) is 9.13. The van der Waals surface area contributed by atoms with Crippen LogP contribution in [0.25, 0.3) is 0 Å². The van der Waals surface area contributed by atoms with Gasteiger partial charge in [0.2, 0.25) is 15.9 Å². The highest BCUT2D eigenvalue weighted by molar-refractivity contribution is 7.89. The predicted molar refractivity (Wildman–Crippen MR) is 118 cm³/mol. The van der Waals surface area contributed by atoms with Crippen LogP contribution in [0.2, 0.25) is 0 Å². The van der Waals surface area contributed by atoms with Gasteiger partial charge in [0.1, 0.15) is 0 Å². The van der Waals surface area contributed by atoms with Gasteiger partial charge in [0.15, 0.2) is 0 Å². The topological polar surface area (TPSA) is 78.5 Å². The second-order valence-corrected chi connectivity index (χ2v) is 10.3. The molecule has 2 aromatic rings. The molecule has 8 heteroatoms. The molecule has 0 bridgehead atoms. The number of rotatable bonds is 8. The first-order chi connectivity index (χ1) is 13.9. The number of sulfonamides is 1. The van der Waals surface area contributed by atoms with Gasteiger partial charge in [0, 0.05) is 30.1 Å². The van der Waals surface area contributed by atoms with Crippen LogP contribution in [0.4, 0.5) is 5.69 Å². The number of carbonyl (C=O) groups excluding carboxylic acids is 1. The molecule has 2 heterocycles. The molecule has 1 saturated heterocycles. The summed E-state index contributed by atoms with van der Waals surface area (Å²) in [5, 5.41) is 4.86. The van der Waals surface area contributed by atoms with Gasteiger partial charge in [-0.15, -0.1) is 11.3 Å². The van der Waals surface area contributed by atoms with Crippen molar-refractivity contribution in [3.63, 3.8) is 0 Å². The Bertz CT molecular complexity index is 919. The lowest BCUT2D eigenvalue weighted by Crippen LogP contribution is -2.38. The molecule has 1 aromatic heterocycles. The summed E-state index contributed by atoms with van der Waals surface area (Å²) in [7, 11) is -3.57. The molecule has 1 aliphatic heterocycles. The predicted octanol–water partition coefficient (Wildman–Crippen LogP) is 3.60. The van der Waals surface area contributed by atoms with Gasteiger partial charge in [-0.05, 0) is 74.0 Å². The lowest BCUT2D eigenvalue weighted by Gasteiger charge is -2.31. The van der Waals surface area contributed by atoms with E-state index in [0.29, 0.717) is 30.1 Å². The summed E-state index contributed by atoms with van der Waals surface area (Å²) in [5.41, 5.74) is 1.24. The summed E-state index contributed by atoms with van der Waals surface area (Å²) < 4.78 is 28.3. The summed E-state index contributed by atoms with van der Waals surface area (Å²) >= 11 is 1.78. The number of piperidine rings is 1. The normalized spacial score (nSPS) is 16.1. The summed E-state index contributed by atoms with van der Waals surface area (Å²) in [5.74, 6) is 0.260. The molecule has 0 atom stereocenters. The van der Waals surface area contributed by atoms with Crippen LogP contribution in [0.15, 0.2) is 40.6 Å². The van der Waals surface area contributed by atoms with E-state index in [1.165, 1.54) is 4.88 Å². The third-order valence-electron chi connectivity index (χ3n) is 5.30. The molecule has 6 nitrogen and oxygen atoms in total. The van der Waals surface area contributed by atoms with Crippen LogP contribution in [0, 0.1) is 12.8 Å². The van der Waals surface area contributed by atoms with Gasteiger partial charge >= 0.3 is 0 Å². The van der Waals surface area contributed by atoms with Crippen molar-refractivity contribution in [2.75, 3.05) is 25.0 Å². The molecule has 0 radical (unpaired) electrons. The second kappa shape index (κ2) is 9.84. The molecule has 1 aromatic carbocycles. The van der Waals surface area contributed by atoms with Crippen LogP contribution in [0.5, 0.6) is 0 Å². The Balaban J connectivity index is 1.52. The van der Waals surface area contributed by atoms with E-state index in [0.717, 1.165) is 32.5 Å². The van der Waals surface area contributed by atoms with Crippen molar-refractivity contribution >= 4 is 33.0 Å². The van der Waals surface area contributed by atoms with Crippen molar-refractivity contribution in [2.45, 2.75) is 44.6 Å². The standard InChI is InChI=1S/C21H29N3O3S2/c1-3-21(25)23-18-6-7-20(16(2)13-18)29(26,27)22-14-17-8-10-24(11-9-17)15-19-5-4-12-28-19/h4-7,12-13,17,22H,3,8-11,14-15H2,1-2H3,(H,23,25). The van der Waals surface area contributed by atoms with Crippen LogP contribution in [0.3, 0.4) is 0 Å². The van der Waals surface area contributed by atoms with Crippen LogP contribution in [0.1, 0.15) is 36.6 Å². The first kappa shape index (κ1) is 22.0. The van der Waals surface area contributed by atoms with E-state index < -0.39 is 10.0 Å². The van der Waals surface area contributed by atoms with E-state index in [9.17, 15) is 13.2 Å². The van der Waals surface area contributed by atoms with Gasteiger partial charge in [0.25, 0.3) is 0 Å². The van der Waals surface area contributed by atoms with Gasteiger partial charge < -0.3 is 5.32 Å². The molecule has 3 rings (SSSR count). The molecule has 0 aliphatic carbocycles. The average molecular weight is 436 g/mol. The molecular weight excluding hydrogens is 406 g/mol. The van der Waals surface area contributed by atoms with Crippen molar-refractivity contribution in [1.82, 2.24) is 9.62 Å². The minimum atomic E-state index is -3.57. The first-order valence-electron chi connectivity index (χ1n) is 10.0. The van der Waals surface area contributed by atoms with Gasteiger partial charge in [0.05, 0.1) is 4.90 Å². The smallest absolute Gasteiger partial charge is 0.240 e. The lowest BCUT2D eigenvalue weighted by atomic mass is 9.97. The van der Waals surface area contributed by atoms with Crippen molar-refractivity contribution < 1.29 is 13.2 Å². The van der Waals surface area contributed by atoms with Gasteiger partial charge in [-0.1, -0.05) is 13.0 Å². The van der Waals surface area contributed by atoms with Crippen molar-refractivity contribution in [1.29, 1.82) is 0 Å². The summed E-state index contributed by atoms with van der Waals surface area (Å²) in [4.78, 5) is 15.6. The lowest BCUT2D eigenvalue weighted by molar-refractivity contribution is -0.115. The summed E-state index contributed by atoms with van der Waals surface area (Å²) in [6.07, 6.45) is 2.37. The van der Waals surface area contributed by atoms with Crippen LogP contribution in [-0.4, -0.2) is 38.9 Å². The van der Waals surface area contributed by atoms with Gasteiger partial charge in [-0.3, -0.25) is 9.69 Å². The number of hydrogen-bond acceptors (Lipinski definition) is 5. The van der Waals surface area contributed by atoms with E-state index in [4.69, 9.17) is 0 Å². The molecule has 1 aliphatic rings. The molecule has 0 unspecified atom stereocenters. The van der Waals surface area contributed by atoms with Crippen molar-refractivity contribution in [3.05, 3.63) is 46.2 Å². The molecular formula is C21H29N3O3S2. The Hall–Kier alpha value is -1.74. The fourth-order valence-electron chi connectivity index (χ4n) is 3.55. The average Bonchev–Trinajstić information content (AvgIpc) is 3.20. The number of carbonyl (C=O) groups is 1. The zero-order chi connectivity index (χ0) is 20.9. The SMILES string of the molecule is CCC(=O)Nc1ccc(S(=O)(=O)NCC2CCN(Cc3cccs3)CC2)c(C)c1. The van der Waals surface area contributed by atoms with E-state index in [-0.39, 0.29) is 10.8 Å². The third kappa shape index (κ3) is 6.12. The zero-order valence-corrected chi connectivity index (χ0v) is 18.6. The zero-order valence-electron chi connectivity index (χ0n) is 17.0. The maximum absolute atomic E-state index is 12.8. The van der Waals surface area contributed by atoms with Crippen LogP contribution in [-0.2, 0) is 21.4 Å². The maximum atomic E-state index is 12.8. The number of anilines is 1. The molecule has 0 saturated carbocycles. The van der Waals surface area contributed by atoms with Crippen molar-refractivity contribution in [3.8, 4) is 0 Å². The molecule has 158 valence electrons. The monoisotopic (exact) mass is 435 g/mol. The van der Waals surface area contributed by atoms with Crippen LogP contribution >= 0.6 is 11.3 Å². The number of benzene rings is 1.